The van der Waals surface area contributed by atoms with E-state index < -0.39 is 41.7 Å². The van der Waals surface area contributed by atoms with Gasteiger partial charge in [0.1, 0.15) is 11.9 Å². The number of cyclic esters (lactones) is 1. The molecule has 1 aliphatic carbocycles. The third-order valence-electron chi connectivity index (χ3n) is 8.56. The van der Waals surface area contributed by atoms with E-state index in [1.165, 1.54) is 16.0 Å². The van der Waals surface area contributed by atoms with Crippen LogP contribution in [0.5, 0.6) is 5.75 Å². The van der Waals surface area contributed by atoms with E-state index in [4.69, 9.17) is 9.47 Å². The maximum Gasteiger partial charge on any atom is 0.416 e. The van der Waals surface area contributed by atoms with Gasteiger partial charge >= 0.3 is 18.4 Å². The van der Waals surface area contributed by atoms with Gasteiger partial charge in [-0.05, 0) is 95.3 Å². The Morgan fingerprint density at radius 1 is 0.841 bits per heavy atom. The van der Waals surface area contributed by atoms with Gasteiger partial charge in [-0.25, -0.2) is 4.79 Å². The van der Waals surface area contributed by atoms with Crippen LogP contribution in [0, 0.1) is 0 Å². The van der Waals surface area contributed by atoms with Crippen LogP contribution in [-0.4, -0.2) is 24.1 Å². The highest BCUT2D eigenvalue weighted by molar-refractivity contribution is 5.77. The summed E-state index contributed by atoms with van der Waals surface area (Å²) in [5.74, 6) is 0.677. The Balaban J connectivity index is 1.50. The topological polar surface area (TPSA) is 38.8 Å². The molecule has 0 spiro atoms. The molecule has 2 atom stereocenters. The zero-order valence-electron chi connectivity index (χ0n) is 25.2. The minimum atomic E-state index is -5.00. The van der Waals surface area contributed by atoms with Gasteiger partial charge in [-0.15, -0.1) is 0 Å². The molecular formula is C34H35F6NO3. The molecule has 3 aromatic rings. The third kappa shape index (κ3) is 6.40. The SMILES string of the molecule is COc1ccc(C(C)(C)C)cc1-c1cc2c(cc1CN1C(=O)O[C@H](c3cc(C(F)(F)F)cc(C(F)(F)F)c3)CC1C)CCC2. The molecule has 4 nitrogen and oxygen atoms in total. The number of ether oxygens (including phenoxy) is 2. The van der Waals surface area contributed by atoms with Gasteiger partial charge in [0, 0.05) is 24.6 Å². The molecule has 1 heterocycles. The number of carbonyl (C=O) groups is 1. The number of hydrogen-bond acceptors (Lipinski definition) is 3. The fourth-order valence-corrected chi connectivity index (χ4v) is 6.07. The number of methoxy groups -OCH3 is 1. The quantitative estimate of drug-likeness (QED) is 0.267. The van der Waals surface area contributed by atoms with Crippen LogP contribution in [0.1, 0.15) is 85.6 Å². The number of benzene rings is 3. The fraction of sp³-hybridized carbons (Fsp3) is 0.441. The summed E-state index contributed by atoms with van der Waals surface area (Å²) in [4.78, 5) is 14.9. The van der Waals surface area contributed by atoms with Crippen LogP contribution < -0.4 is 4.74 Å². The normalized spacial score (nSPS) is 19.2. The van der Waals surface area contributed by atoms with Crippen molar-refractivity contribution in [1.29, 1.82) is 0 Å². The Bertz CT molecular complexity index is 1540. The van der Waals surface area contributed by atoms with Gasteiger partial charge in [0.15, 0.2) is 0 Å². The second-order valence-electron chi connectivity index (χ2n) is 12.7. The van der Waals surface area contributed by atoms with Crippen molar-refractivity contribution >= 4 is 6.09 Å². The molecule has 0 radical (unpaired) electrons. The summed E-state index contributed by atoms with van der Waals surface area (Å²) in [7, 11) is 1.60. The summed E-state index contributed by atoms with van der Waals surface area (Å²) in [6.07, 6.45) is -9.19. The van der Waals surface area contributed by atoms with Gasteiger partial charge in [0.2, 0.25) is 0 Å². The molecule has 236 valence electrons. The molecule has 3 aromatic carbocycles. The third-order valence-corrected chi connectivity index (χ3v) is 8.56. The molecule has 0 bridgehead atoms. The standard InChI is InChI=1S/C34H35F6NO3/c1-19-11-30(22-13-25(33(35,36)37)16-26(14-22)34(38,39)40)44-31(42)41(19)18-23-12-20-7-6-8-21(20)15-27(23)28-17-24(32(2,3)4)9-10-29(28)43-5/h9-10,12-17,19,30H,6-8,11,18H2,1-5H3/t19?,30-/m0/s1. The van der Waals surface area contributed by atoms with Gasteiger partial charge in [-0.2, -0.15) is 26.3 Å². The Kier molecular flexibility index (Phi) is 8.18. The average molecular weight is 620 g/mol. The van der Waals surface area contributed by atoms with Crippen molar-refractivity contribution in [2.75, 3.05) is 7.11 Å². The largest absolute Gasteiger partial charge is 0.496 e. The van der Waals surface area contributed by atoms with Crippen LogP contribution >= 0.6 is 0 Å². The summed E-state index contributed by atoms with van der Waals surface area (Å²) < 4.78 is 92.2. The van der Waals surface area contributed by atoms with Crippen LogP contribution in [0.2, 0.25) is 0 Å². The first kappa shape index (κ1) is 31.7. The first-order valence-corrected chi connectivity index (χ1v) is 14.6. The first-order chi connectivity index (χ1) is 20.5. The molecule has 10 heteroatoms. The van der Waals surface area contributed by atoms with Crippen LogP contribution in [0.3, 0.4) is 0 Å². The van der Waals surface area contributed by atoms with E-state index >= 15 is 0 Å². The zero-order chi connectivity index (χ0) is 32.2. The average Bonchev–Trinajstić information content (AvgIpc) is 3.40. The number of fused-ring (bicyclic) bond motifs is 1. The molecule has 1 aliphatic heterocycles. The Morgan fingerprint density at radius 2 is 1.45 bits per heavy atom. The Hall–Kier alpha value is -3.69. The highest BCUT2D eigenvalue weighted by atomic mass is 19.4. The van der Waals surface area contributed by atoms with Gasteiger partial charge in [0.25, 0.3) is 0 Å². The van der Waals surface area contributed by atoms with E-state index in [9.17, 15) is 31.1 Å². The van der Waals surface area contributed by atoms with E-state index in [-0.39, 0.29) is 30.0 Å². The lowest BCUT2D eigenvalue weighted by Crippen LogP contribution is -2.44. The lowest BCUT2D eigenvalue weighted by molar-refractivity contribution is -0.143. The molecule has 5 rings (SSSR count). The summed E-state index contributed by atoms with van der Waals surface area (Å²) in [5, 5.41) is 0. The van der Waals surface area contributed by atoms with Crippen molar-refractivity contribution in [2.45, 2.75) is 89.8 Å². The summed E-state index contributed by atoms with van der Waals surface area (Å²) in [6, 6.07) is 11.1. The van der Waals surface area contributed by atoms with E-state index in [1.807, 2.05) is 12.1 Å². The van der Waals surface area contributed by atoms with Crippen LogP contribution in [0.25, 0.3) is 11.1 Å². The molecular weight excluding hydrogens is 584 g/mol. The number of aryl methyl sites for hydroxylation is 2. The van der Waals surface area contributed by atoms with Crippen molar-refractivity contribution < 1.29 is 40.6 Å². The molecule has 1 amide bonds. The highest BCUT2D eigenvalue weighted by Crippen LogP contribution is 2.42. The maximum absolute atomic E-state index is 13.5. The molecule has 1 saturated heterocycles. The smallest absolute Gasteiger partial charge is 0.416 e. The molecule has 44 heavy (non-hydrogen) atoms. The number of halogens is 6. The second-order valence-corrected chi connectivity index (χ2v) is 12.7. The monoisotopic (exact) mass is 619 g/mol. The van der Waals surface area contributed by atoms with Crippen LogP contribution in [0.4, 0.5) is 31.1 Å². The van der Waals surface area contributed by atoms with Crippen molar-refractivity contribution in [3.63, 3.8) is 0 Å². The van der Waals surface area contributed by atoms with Gasteiger partial charge in [-0.3, -0.25) is 0 Å². The number of carbonyl (C=O) groups excluding carboxylic acids is 1. The molecule has 1 fully saturated rings. The summed E-state index contributed by atoms with van der Waals surface area (Å²) >= 11 is 0. The minimum Gasteiger partial charge on any atom is -0.496 e. The number of amides is 1. The first-order valence-electron chi connectivity index (χ1n) is 14.6. The lowest BCUT2D eigenvalue weighted by atomic mass is 9.84. The molecule has 0 N–H and O–H groups in total. The van der Waals surface area contributed by atoms with Crippen LogP contribution in [-0.2, 0) is 41.9 Å². The van der Waals surface area contributed by atoms with E-state index in [2.05, 4.69) is 39.0 Å². The second kappa shape index (κ2) is 11.3. The van der Waals surface area contributed by atoms with Gasteiger partial charge in [-0.1, -0.05) is 39.0 Å². The van der Waals surface area contributed by atoms with E-state index in [0.717, 1.165) is 41.5 Å². The highest BCUT2D eigenvalue weighted by Gasteiger charge is 2.40. The van der Waals surface area contributed by atoms with E-state index in [0.29, 0.717) is 17.9 Å². The molecule has 0 saturated carbocycles. The summed E-state index contributed by atoms with van der Waals surface area (Å²) in [5.41, 5.74) is 2.81. The number of hydrogen-bond donors (Lipinski definition) is 0. The van der Waals surface area contributed by atoms with E-state index in [1.54, 1.807) is 14.0 Å². The Labute approximate surface area is 253 Å². The fourth-order valence-electron chi connectivity index (χ4n) is 6.07. The lowest BCUT2D eigenvalue weighted by Gasteiger charge is -2.38. The number of nitrogens with zero attached hydrogens (tertiary/aromatic N) is 1. The zero-order valence-corrected chi connectivity index (χ0v) is 25.2. The maximum atomic E-state index is 13.5. The minimum absolute atomic E-state index is 0.0213. The number of rotatable bonds is 5. The van der Waals surface area contributed by atoms with Crippen molar-refractivity contribution in [3.05, 3.63) is 87.5 Å². The molecule has 0 aromatic heterocycles. The predicted molar refractivity (Wildman–Crippen MR) is 154 cm³/mol. The van der Waals surface area contributed by atoms with Crippen molar-refractivity contribution in [1.82, 2.24) is 4.90 Å². The molecule has 2 aliphatic rings. The molecule has 1 unspecified atom stereocenters. The van der Waals surface area contributed by atoms with Crippen molar-refractivity contribution in [3.8, 4) is 16.9 Å². The van der Waals surface area contributed by atoms with Crippen LogP contribution in [0.15, 0.2) is 48.5 Å². The predicted octanol–water partition coefficient (Wildman–Crippen LogP) is 9.66. The Morgan fingerprint density at radius 3 is 2.00 bits per heavy atom. The van der Waals surface area contributed by atoms with Gasteiger partial charge < -0.3 is 14.4 Å². The van der Waals surface area contributed by atoms with Gasteiger partial charge in [0.05, 0.1) is 18.2 Å². The summed E-state index contributed by atoms with van der Waals surface area (Å²) in [6.45, 7) is 8.22. The van der Waals surface area contributed by atoms with Crippen molar-refractivity contribution in [2.24, 2.45) is 0 Å². The number of alkyl halides is 6.